The van der Waals surface area contributed by atoms with Crippen LogP contribution < -0.4 is 11.1 Å². The molecular formula is C14H14N2O4. The summed E-state index contributed by atoms with van der Waals surface area (Å²) in [6, 6.07) is 8.51. The summed E-state index contributed by atoms with van der Waals surface area (Å²) in [7, 11) is 0. The number of anilines is 1. The highest BCUT2D eigenvalue weighted by atomic mass is 16.3. The van der Waals surface area contributed by atoms with Crippen LogP contribution in [0.5, 0.6) is 17.2 Å². The molecular weight excluding hydrogens is 260 g/mol. The molecule has 2 aromatic carbocycles. The van der Waals surface area contributed by atoms with E-state index in [4.69, 9.17) is 5.73 Å². The zero-order valence-electron chi connectivity index (χ0n) is 10.5. The zero-order valence-corrected chi connectivity index (χ0v) is 10.5. The number of hydrogen-bond donors (Lipinski definition) is 5. The number of carbonyl (C=O) groups excluding carboxylic acids is 1. The summed E-state index contributed by atoms with van der Waals surface area (Å²) in [5, 5.41) is 31.2. The van der Waals surface area contributed by atoms with Crippen LogP contribution in [-0.4, -0.2) is 21.2 Å². The molecule has 6 heteroatoms. The first-order valence-corrected chi connectivity index (χ1v) is 5.85. The van der Waals surface area contributed by atoms with Crippen LogP contribution in [0.4, 0.5) is 5.69 Å². The van der Waals surface area contributed by atoms with Crippen LogP contribution in [0.25, 0.3) is 0 Å². The normalized spacial score (nSPS) is 10.2. The van der Waals surface area contributed by atoms with Crippen molar-refractivity contribution in [3.8, 4) is 17.2 Å². The van der Waals surface area contributed by atoms with Gasteiger partial charge in [0.25, 0.3) is 5.91 Å². The Bertz CT molecular complexity index is 635. The lowest BCUT2D eigenvalue weighted by molar-refractivity contribution is 0.0945. The van der Waals surface area contributed by atoms with Crippen LogP contribution in [0.2, 0.25) is 0 Å². The van der Waals surface area contributed by atoms with E-state index in [1.807, 2.05) is 0 Å². The number of hydrogen-bond acceptors (Lipinski definition) is 5. The molecule has 0 spiro atoms. The third-order valence-corrected chi connectivity index (χ3v) is 2.79. The Kier molecular flexibility index (Phi) is 3.65. The van der Waals surface area contributed by atoms with Gasteiger partial charge in [0.15, 0.2) is 0 Å². The van der Waals surface area contributed by atoms with Gasteiger partial charge in [-0.25, -0.2) is 0 Å². The van der Waals surface area contributed by atoms with Gasteiger partial charge in [0.2, 0.25) is 0 Å². The fourth-order valence-electron chi connectivity index (χ4n) is 1.77. The second-order valence-corrected chi connectivity index (χ2v) is 4.24. The summed E-state index contributed by atoms with van der Waals surface area (Å²) < 4.78 is 0. The summed E-state index contributed by atoms with van der Waals surface area (Å²) in [6.45, 7) is 0.0173. The third kappa shape index (κ3) is 2.74. The van der Waals surface area contributed by atoms with Crippen LogP contribution in [0.15, 0.2) is 36.4 Å². The average molecular weight is 274 g/mol. The summed E-state index contributed by atoms with van der Waals surface area (Å²) in [5.74, 6) is -1.29. The van der Waals surface area contributed by atoms with Crippen LogP contribution in [0.1, 0.15) is 15.9 Å². The first-order valence-electron chi connectivity index (χ1n) is 5.85. The minimum atomic E-state index is -0.651. The number of nitrogens with two attached hydrogens (primary N) is 1. The van der Waals surface area contributed by atoms with Gasteiger partial charge in [0.1, 0.15) is 22.8 Å². The fourth-order valence-corrected chi connectivity index (χ4v) is 1.77. The van der Waals surface area contributed by atoms with Gasteiger partial charge in [-0.3, -0.25) is 4.79 Å². The van der Waals surface area contributed by atoms with Crippen LogP contribution in [-0.2, 0) is 6.54 Å². The number of rotatable bonds is 3. The number of nitrogens with one attached hydrogen (secondary N) is 1. The molecule has 104 valence electrons. The summed E-state index contributed by atoms with van der Waals surface area (Å²) >= 11 is 0. The van der Waals surface area contributed by atoms with Crippen molar-refractivity contribution in [3.05, 3.63) is 47.5 Å². The van der Waals surface area contributed by atoms with Gasteiger partial charge in [0, 0.05) is 17.8 Å². The van der Waals surface area contributed by atoms with E-state index in [1.165, 1.54) is 36.4 Å². The minimum absolute atomic E-state index is 0.000931. The number of nitrogen functional groups attached to an aromatic ring is 1. The van der Waals surface area contributed by atoms with E-state index in [1.54, 1.807) is 0 Å². The number of benzene rings is 2. The maximum absolute atomic E-state index is 11.9. The fraction of sp³-hybridized carbons (Fsp3) is 0.0714. The monoisotopic (exact) mass is 274 g/mol. The lowest BCUT2D eigenvalue weighted by Gasteiger charge is -2.10. The molecule has 20 heavy (non-hydrogen) atoms. The molecule has 1 amide bonds. The molecule has 0 atom stereocenters. The van der Waals surface area contributed by atoms with Crippen molar-refractivity contribution in [1.29, 1.82) is 0 Å². The Morgan fingerprint density at radius 1 is 1.05 bits per heavy atom. The number of aromatic hydroxyl groups is 3. The molecule has 0 radical (unpaired) electrons. The Morgan fingerprint density at radius 2 is 1.70 bits per heavy atom. The first-order chi connectivity index (χ1) is 9.49. The largest absolute Gasteiger partial charge is 0.508 e. The highest BCUT2D eigenvalue weighted by Crippen LogP contribution is 2.26. The lowest BCUT2D eigenvalue weighted by Crippen LogP contribution is -2.23. The standard InChI is InChI=1S/C14H14N2O4/c15-9-4-5-10(17)8(6-9)7-16-14(20)13-11(18)2-1-3-12(13)19/h1-6,17-19H,7,15H2,(H,16,20). The zero-order chi connectivity index (χ0) is 14.7. The summed E-state index contributed by atoms with van der Waals surface area (Å²) in [4.78, 5) is 11.9. The number of phenols is 3. The van der Waals surface area contributed by atoms with Crippen LogP contribution >= 0.6 is 0 Å². The quantitative estimate of drug-likeness (QED) is 0.427. The lowest BCUT2D eigenvalue weighted by atomic mass is 10.1. The molecule has 0 aromatic heterocycles. The van der Waals surface area contributed by atoms with Crippen molar-refractivity contribution >= 4 is 11.6 Å². The van der Waals surface area contributed by atoms with Gasteiger partial charge in [-0.15, -0.1) is 0 Å². The molecule has 0 saturated carbocycles. The highest BCUT2D eigenvalue weighted by Gasteiger charge is 2.16. The Morgan fingerprint density at radius 3 is 2.35 bits per heavy atom. The number of carbonyl (C=O) groups is 1. The Hall–Kier alpha value is -2.89. The van der Waals surface area contributed by atoms with Gasteiger partial charge in [-0.1, -0.05) is 6.07 Å². The maximum atomic E-state index is 11.9. The van der Waals surface area contributed by atoms with Crippen molar-refractivity contribution in [2.75, 3.05) is 5.73 Å². The molecule has 0 aliphatic rings. The summed E-state index contributed by atoms with van der Waals surface area (Å²) in [5.41, 5.74) is 6.27. The van der Waals surface area contributed by atoms with Gasteiger partial charge >= 0.3 is 0 Å². The van der Waals surface area contributed by atoms with E-state index in [2.05, 4.69) is 5.32 Å². The molecule has 2 aromatic rings. The van der Waals surface area contributed by atoms with Crippen LogP contribution in [0, 0.1) is 0 Å². The Balaban J connectivity index is 2.15. The maximum Gasteiger partial charge on any atom is 0.259 e. The molecule has 0 heterocycles. The second kappa shape index (κ2) is 5.40. The molecule has 0 saturated heterocycles. The van der Waals surface area contributed by atoms with E-state index in [0.717, 1.165) is 0 Å². The van der Waals surface area contributed by atoms with E-state index >= 15 is 0 Å². The minimum Gasteiger partial charge on any atom is -0.508 e. The topological polar surface area (TPSA) is 116 Å². The van der Waals surface area contributed by atoms with Crippen molar-refractivity contribution in [2.45, 2.75) is 6.54 Å². The van der Waals surface area contributed by atoms with Crippen LogP contribution in [0.3, 0.4) is 0 Å². The Labute approximate surface area is 115 Å². The van der Waals surface area contributed by atoms with Gasteiger partial charge in [-0.05, 0) is 30.3 Å². The smallest absolute Gasteiger partial charge is 0.259 e. The van der Waals surface area contributed by atoms with E-state index < -0.39 is 5.91 Å². The molecule has 0 aliphatic heterocycles. The molecule has 6 nitrogen and oxygen atoms in total. The molecule has 6 N–H and O–H groups in total. The van der Waals surface area contributed by atoms with Crippen molar-refractivity contribution in [3.63, 3.8) is 0 Å². The van der Waals surface area contributed by atoms with Gasteiger partial charge in [-0.2, -0.15) is 0 Å². The van der Waals surface area contributed by atoms with Gasteiger partial charge in [0.05, 0.1) is 0 Å². The van der Waals surface area contributed by atoms with E-state index in [9.17, 15) is 20.1 Å². The van der Waals surface area contributed by atoms with Crippen molar-refractivity contribution in [2.24, 2.45) is 0 Å². The van der Waals surface area contributed by atoms with E-state index in [0.29, 0.717) is 11.3 Å². The van der Waals surface area contributed by atoms with Crippen molar-refractivity contribution in [1.82, 2.24) is 5.32 Å². The van der Waals surface area contributed by atoms with Gasteiger partial charge < -0.3 is 26.4 Å². The predicted molar refractivity (Wildman–Crippen MR) is 73.5 cm³/mol. The van der Waals surface area contributed by atoms with E-state index in [-0.39, 0.29) is 29.4 Å². The molecule has 2 rings (SSSR count). The number of phenolic OH excluding ortho intramolecular Hbond substituents is 3. The third-order valence-electron chi connectivity index (χ3n) is 2.79. The average Bonchev–Trinajstić information content (AvgIpc) is 2.39. The molecule has 0 aliphatic carbocycles. The molecule has 0 unspecified atom stereocenters. The first kappa shape index (κ1) is 13.5. The second-order valence-electron chi connectivity index (χ2n) is 4.24. The SMILES string of the molecule is Nc1ccc(O)c(CNC(=O)c2c(O)cccc2O)c1. The summed E-state index contributed by atoms with van der Waals surface area (Å²) in [6.07, 6.45) is 0. The van der Waals surface area contributed by atoms with Crippen molar-refractivity contribution < 1.29 is 20.1 Å². The highest BCUT2D eigenvalue weighted by molar-refractivity contribution is 5.99. The number of amides is 1. The molecule has 0 bridgehead atoms. The predicted octanol–water partition coefficient (Wildman–Crippen LogP) is 1.32. The molecule has 0 fully saturated rings.